The molecular formula is C46H49N5. The Labute approximate surface area is 304 Å². The second kappa shape index (κ2) is 15.6. The maximum Gasteiger partial charge on any atom is 0.113 e. The highest BCUT2D eigenvalue weighted by Crippen LogP contribution is 2.40. The summed E-state index contributed by atoms with van der Waals surface area (Å²) in [5, 5.41) is 3.70. The topological polar surface area (TPSA) is 43.8 Å². The van der Waals surface area contributed by atoms with Crippen molar-refractivity contribution in [3.05, 3.63) is 161 Å². The van der Waals surface area contributed by atoms with E-state index in [1.54, 1.807) is 0 Å². The molecule has 0 fully saturated rings. The number of aromatic nitrogens is 1. The number of hydrogen-bond donors (Lipinski definition) is 1. The van der Waals surface area contributed by atoms with Gasteiger partial charge in [0.15, 0.2) is 0 Å². The fourth-order valence-corrected chi connectivity index (χ4v) is 7.50. The van der Waals surface area contributed by atoms with E-state index in [2.05, 4.69) is 163 Å². The summed E-state index contributed by atoms with van der Waals surface area (Å²) >= 11 is 0. The SMILES string of the molecule is C/C=C(\CCCCC)N(C1=CC=C2C=CC3=C(N=CCC3)C2N1C)c1ccc(-c2ccc(NC3=CCC=CC=C3)c(-c3cccnc3C)c2)cc1. The van der Waals surface area contributed by atoms with Crippen molar-refractivity contribution >= 4 is 17.6 Å². The van der Waals surface area contributed by atoms with Gasteiger partial charge in [0.05, 0.1) is 11.7 Å². The number of pyridine rings is 1. The summed E-state index contributed by atoms with van der Waals surface area (Å²) in [5.41, 5.74) is 14.1. The van der Waals surface area contributed by atoms with Gasteiger partial charge in [-0.1, -0.05) is 92.6 Å². The van der Waals surface area contributed by atoms with Crippen molar-refractivity contribution in [3.63, 3.8) is 0 Å². The molecule has 5 nitrogen and oxygen atoms in total. The Morgan fingerprint density at radius 3 is 2.67 bits per heavy atom. The molecule has 5 heteroatoms. The Hall–Kier alpha value is -5.42. The van der Waals surface area contributed by atoms with Crippen LogP contribution < -0.4 is 10.2 Å². The summed E-state index contributed by atoms with van der Waals surface area (Å²) in [6.07, 6.45) is 33.6. The quantitative estimate of drug-likeness (QED) is 0.206. The van der Waals surface area contributed by atoms with Gasteiger partial charge in [0.2, 0.25) is 0 Å². The molecule has 1 aromatic heterocycles. The predicted octanol–water partition coefficient (Wildman–Crippen LogP) is 11.6. The van der Waals surface area contributed by atoms with Crippen LogP contribution in [0.1, 0.15) is 64.5 Å². The number of allylic oxidation sites excluding steroid dienone is 11. The van der Waals surface area contributed by atoms with Crippen LogP contribution in [0.25, 0.3) is 22.3 Å². The monoisotopic (exact) mass is 671 g/mol. The van der Waals surface area contributed by atoms with Crippen LogP contribution in [0.5, 0.6) is 0 Å². The largest absolute Gasteiger partial charge is 0.355 e. The zero-order valence-corrected chi connectivity index (χ0v) is 30.4. The maximum atomic E-state index is 4.94. The molecule has 2 aliphatic carbocycles. The summed E-state index contributed by atoms with van der Waals surface area (Å²) in [6, 6.07) is 20.1. The molecule has 4 aliphatic rings. The molecule has 2 aromatic carbocycles. The van der Waals surface area contributed by atoms with Gasteiger partial charge < -0.3 is 15.1 Å². The van der Waals surface area contributed by atoms with Gasteiger partial charge in [-0.05, 0) is 111 Å². The van der Waals surface area contributed by atoms with Gasteiger partial charge >= 0.3 is 0 Å². The van der Waals surface area contributed by atoms with Crippen LogP contribution in [-0.4, -0.2) is 29.2 Å². The second-order valence-electron chi connectivity index (χ2n) is 13.6. The number of benzene rings is 2. The van der Waals surface area contributed by atoms with E-state index in [1.807, 2.05) is 12.3 Å². The van der Waals surface area contributed by atoms with E-state index >= 15 is 0 Å². The summed E-state index contributed by atoms with van der Waals surface area (Å²) in [6.45, 7) is 6.53. The van der Waals surface area contributed by atoms with Crippen molar-refractivity contribution in [3.8, 4) is 22.3 Å². The molecule has 0 spiro atoms. The van der Waals surface area contributed by atoms with E-state index in [1.165, 1.54) is 52.3 Å². The zero-order valence-electron chi connectivity index (χ0n) is 30.4. The third-order valence-corrected chi connectivity index (χ3v) is 10.3. The molecule has 0 radical (unpaired) electrons. The molecule has 1 atom stereocenters. The van der Waals surface area contributed by atoms with Crippen molar-refractivity contribution < 1.29 is 0 Å². The molecule has 0 bridgehead atoms. The number of hydrogen-bond acceptors (Lipinski definition) is 5. The minimum Gasteiger partial charge on any atom is -0.355 e. The first-order chi connectivity index (χ1) is 25.1. The van der Waals surface area contributed by atoms with Crippen molar-refractivity contribution in [2.45, 2.75) is 71.8 Å². The Balaban J connectivity index is 1.25. The minimum atomic E-state index is 0.110. The summed E-state index contributed by atoms with van der Waals surface area (Å²) in [4.78, 5) is 14.5. The van der Waals surface area contributed by atoms with E-state index in [4.69, 9.17) is 4.99 Å². The van der Waals surface area contributed by atoms with Crippen LogP contribution in [0.3, 0.4) is 0 Å². The van der Waals surface area contributed by atoms with E-state index in [0.29, 0.717) is 0 Å². The first kappa shape index (κ1) is 34.0. The fourth-order valence-electron chi connectivity index (χ4n) is 7.50. The van der Waals surface area contributed by atoms with Crippen LogP contribution >= 0.6 is 0 Å². The molecule has 1 unspecified atom stereocenters. The molecule has 3 heterocycles. The Bertz CT molecular complexity index is 2050. The lowest BCUT2D eigenvalue weighted by Crippen LogP contribution is -2.43. The first-order valence-corrected chi connectivity index (χ1v) is 18.6. The number of aliphatic imine (C=N–C) groups is 1. The number of unbranched alkanes of at least 4 members (excludes halogenated alkanes) is 2. The van der Waals surface area contributed by atoms with Crippen LogP contribution in [0.15, 0.2) is 161 Å². The van der Waals surface area contributed by atoms with Crippen LogP contribution in [0, 0.1) is 6.92 Å². The number of anilines is 2. The normalized spacial score (nSPS) is 18.1. The van der Waals surface area contributed by atoms with Gasteiger partial charge in [-0.25, -0.2) is 0 Å². The third kappa shape index (κ3) is 7.25. The Kier molecular flexibility index (Phi) is 10.4. The molecule has 0 saturated carbocycles. The molecule has 51 heavy (non-hydrogen) atoms. The van der Waals surface area contributed by atoms with Gasteiger partial charge in [-0.3, -0.25) is 9.98 Å². The number of likely N-dealkylation sites (N-methyl/N-ethyl adjacent to an activating group) is 1. The van der Waals surface area contributed by atoms with Crippen LogP contribution in [0.4, 0.5) is 11.4 Å². The van der Waals surface area contributed by atoms with Crippen LogP contribution in [-0.2, 0) is 0 Å². The standard InChI is InChI=1S/C46H49N5/c1-5-7-10-18-39(6-2)51(44-29-25-36-21-20-35-15-13-31-48-45(35)46(36)50(44)4)40-26-22-34(23-27-40)37-24-28-43(49-38-16-11-8-9-12-17-38)42(32-37)41-19-14-30-47-33(41)3/h6,8-9,11,14,16-17,19-32,46,49H,5,7,10,12-13,15,18H2,1-4H3/b39-6+. The lowest BCUT2D eigenvalue weighted by atomic mass is 9.87. The Morgan fingerprint density at radius 2 is 1.84 bits per heavy atom. The molecule has 258 valence electrons. The average Bonchev–Trinajstić information content (AvgIpc) is 3.44. The number of nitrogens with one attached hydrogen (secondary N) is 1. The van der Waals surface area contributed by atoms with Crippen molar-refractivity contribution in [2.75, 3.05) is 17.3 Å². The summed E-state index contributed by atoms with van der Waals surface area (Å²) in [7, 11) is 2.23. The van der Waals surface area contributed by atoms with E-state index < -0.39 is 0 Å². The molecule has 3 aromatic rings. The average molecular weight is 672 g/mol. The zero-order chi connectivity index (χ0) is 35.2. The maximum absolute atomic E-state index is 4.94. The van der Waals surface area contributed by atoms with Crippen LogP contribution in [0.2, 0.25) is 0 Å². The molecule has 1 N–H and O–H groups in total. The Morgan fingerprint density at radius 1 is 0.980 bits per heavy atom. The summed E-state index contributed by atoms with van der Waals surface area (Å²) < 4.78 is 0. The smallest absolute Gasteiger partial charge is 0.113 e. The predicted molar refractivity (Wildman–Crippen MR) is 216 cm³/mol. The van der Waals surface area contributed by atoms with Gasteiger partial charge in [0.25, 0.3) is 0 Å². The molecule has 0 amide bonds. The first-order valence-electron chi connectivity index (χ1n) is 18.6. The van der Waals surface area contributed by atoms with Gasteiger partial charge in [0, 0.05) is 59.0 Å². The lowest BCUT2D eigenvalue weighted by Gasteiger charge is -2.43. The van der Waals surface area contributed by atoms with E-state index in [9.17, 15) is 0 Å². The minimum absolute atomic E-state index is 0.110. The van der Waals surface area contributed by atoms with E-state index in [0.717, 1.165) is 66.0 Å². The van der Waals surface area contributed by atoms with Gasteiger partial charge in [0.1, 0.15) is 5.82 Å². The highest BCUT2D eigenvalue weighted by atomic mass is 15.3. The molecule has 2 aliphatic heterocycles. The van der Waals surface area contributed by atoms with Crippen molar-refractivity contribution in [1.29, 1.82) is 0 Å². The highest BCUT2D eigenvalue weighted by molar-refractivity contribution is 5.85. The number of aryl methyl sites for hydroxylation is 1. The highest BCUT2D eigenvalue weighted by Gasteiger charge is 2.34. The van der Waals surface area contributed by atoms with Gasteiger partial charge in [-0.15, -0.1) is 0 Å². The second-order valence-corrected chi connectivity index (χ2v) is 13.6. The summed E-state index contributed by atoms with van der Waals surface area (Å²) in [5.74, 6) is 1.17. The number of fused-ring (bicyclic) bond motifs is 2. The third-order valence-electron chi connectivity index (χ3n) is 10.3. The van der Waals surface area contributed by atoms with Gasteiger partial charge in [-0.2, -0.15) is 0 Å². The fraction of sp³-hybridized carbons (Fsp3) is 0.261. The lowest BCUT2D eigenvalue weighted by molar-refractivity contribution is 0.358. The number of nitrogens with zero attached hydrogens (tertiary/aromatic N) is 4. The molecular weight excluding hydrogens is 623 g/mol. The van der Waals surface area contributed by atoms with E-state index in [-0.39, 0.29) is 6.04 Å². The number of rotatable bonds is 11. The van der Waals surface area contributed by atoms with Crippen molar-refractivity contribution in [1.82, 2.24) is 9.88 Å². The molecule has 0 saturated heterocycles. The molecule has 7 rings (SSSR count). The van der Waals surface area contributed by atoms with Crippen molar-refractivity contribution in [2.24, 2.45) is 4.99 Å².